The van der Waals surface area contributed by atoms with E-state index in [9.17, 15) is 19.5 Å². The number of methoxy groups -OCH3 is 1. The van der Waals surface area contributed by atoms with Gasteiger partial charge in [0.2, 0.25) is 0 Å². The van der Waals surface area contributed by atoms with Gasteiger partial charge in [0.05, 0.1) is 25.2 Å². The zero-order valence-corrected chi connectivity index (χ0v) is 36.0. The van der Waals surface area contributed by atoms with Crippen LogP contribution in [-0.4, -0.2) is 42.5 Å². The first kappa shape index (κ1) is 42.7. The van der Waals surface area contributed by atoms with Gasteiger partial charge in [-0.1, -0.05) is 90.2 Å². The fourth-order valence-corrected chi connectivity index (χ4v) is 9.31. The first-order valence-electron chi connectivity index (χ1n) is 21.7. The molecule has 0 spiro atoms. The molecule has 0 fully saturated rings. The molecule has 4 aromatic carbocycles. The molecule has 320 valence electrons. The number of esters is 2. The van der Waals surface area contributed by atoms with Gasteiger partial charge in [0, 0.05) is 42.9 Å². The standard InChI is InChI=1S/C53H54O9/c1-33(2)41-21-19-36-18-20-40-30-38(17-16-35-13-10-14-37(28-35)27-34-11-6-5-7-12-34)31-46(55)59-49-47-45(23-22-42-44(32-54)43(24-26-58-4)52(57)60-48(42)47)62-53(3,50(49)61-51(41)56)25-9-8-15-39(40)29-36/h5-7,10-14,18,20,22-23,28-29,38,49-50,54H,15-17,19,21,24-27,30-32H2,1-4H3/t38-,49+,50-,53+/m0/s1. The smallest absolute Gasteiger partial charge is 0.339 e. The Hall–Kier alpha value is -5.95. The number of hydrogen-bond donors (Lipinski definition) is 1. The van der Waals surface area contributed by atoms with Crippen molar-refractivity contribution in [1.29, 1.82) is 0 Å². The van der Waals surface area contributed by atoms with Gasteiger partial charge >= 0.3 is 17.6 Å². The summed E-state index contributed by atoms with van der Waals surface area (Å²) >= 11 is 0. The second-order valence-corrected chi connectivity index (χ2v) is 17.3. The summed E-state index contributed by atoms with van der Waals surface area (Å²) in [5, 5.41) is 11.1. The van der Waals surface area contributed by atoms with Crippen molar-refractivity contribution in [2.24, 2.45) is 5.92 Å². The van der Waals surface area contributed by atoms with Crippen LogP contribution in [0.25, 0.3) is 11.0 Å². The number of aryl methyl sites for hydroxylation is 2. The highest BCUT2D eigenvalue weighted by atomic mass is 16.6. The summed E-state index contributed by atoms with van der Waals surface area (Å²) in [5.41, 5.74) is 7.42. The minimum Gasteiger partial charge on any atom is -0.482 e. The third-order valence-corrected chi connectivity index (χ3v) is 12.7. The van der Waals surface area contributed by atoms with Crippen LogP contribution in [0.1, 0.15) is 103 Å². The summed E-state index contributed by atoms with van der Waals surface area (Å²) in [7, 11) is 1.54. The summed E-state index contributed by atoms with van der Waals surface area (Å²) in [5.74, 6) is 5.92. The Balaban J connectivity index is 1.25. The zero-order chi connectivity index (χ0) is 43.4. The van der Waals surface area contributed by atoms with E-state index >= 15 is 0 Å². The van der Waals surface area contributed by atoms with Crippen molar-refractivity contribution in [3.05, 3.63) is 157 Å². The molecule has 5 bridgehead atoms. The number of carbonyl (C=O) groups excluding carboxylic acids is 2. The molecule has 0 radical (unpaired) electrons. The summed E-state index contributed by atoms with van der Waals surface area (Å²) in [6.45, 7) is 5.40. The highest BCUT2D eigenvalue weighted by Crippen LogP contribution is 2.49. The van der Waals surface area contributed by atoms with Gasteiger partial charge in [0.25, 0.3) is 0 Å². The number of aliphatic hydroxyl groups is 1. The molecular weight excluding hydrogens is 781 g/mol. The van der Waals surface area contributed by atoms with Gasteiger partial charge in [0.1, 0.15) is 11.3 Å². The maximum atomic E-state index is 14.7. The van der Waals surface area contributed by atoms with E-state index in [1.165, 1.54) is 23.8 Å². The number of ether oxygens (including phenoxy) is 4. The predicted octanol–water partition coefficient (Wildman–Crippen LogP) is 8.83. The molecule has 0 aliphatic carbocycles. The average Bonchev–Trinajstić information content (AvgIpc) is 3.25. The monoisotopic (exact) mass is 834 g/mol. The Bertz CT molecular complexity index is 2640. The van der Waals surface area contributed by atoms with Crippen LogP contribution in [-0.2, 0) is 68.9 Å². The Morgan fingerprint density at radius 2 is 1.65 bits per heavy atom. The van der Waals surface area contributed by atoms with Crippen LogP contribution in [0, 0.1) is 17.8 Å². The van der Waals surface area contributed by atoms with Crippen molar-refractivity contribution in [2.45, 2.75) is 109 Å². The highest BCUT2D eigenvalue weighted by Gasteiger charge is 2.53. The number of fused-ring (bicyclic) bond motifs is 7. The molecule has 1 N–H and O–H groups in total. The number of aliphatic hydroxyl groups excluding tert-OH is 1. The number of carbonyl (C=O) groups is 2. The van der Waals surface area contributed by atoms with Gasteiger partial charge in [-0.2, -0.15) is 0 Å². The third-order valence-electron chi connectivity index (χ3n) is 12.7. The molecule has 8 rings (SSSR count). The van der Waals surface area contributed by atoms with Crippen molar-refractivity contribution in [1.82, 2.24) is 0 Å². The molecular formula is C53H54O9. The van der Waals surface area contributed by atoms with E-state index in [2.05, 4.69) is 78.6 Å². The van der Waals surface area contributed by atoms with Crippen LogP contribution in [0.2, 0.25) is 0 Å². The molecule has 0 saturated heterocycles. The van der Waals surface area contributed by atoms with Crippen molar-refractivity contribution in [3.8, 4) is 17.6 Å². The normalized spacial score (nSPS) is 21.1. The highest BCUT2D eigenvalue weighted by molar-refractivity contribution is 5.90. The topological polar surface area (TPSA) is 122 Å². The molecule has 3 aliphatic rings. The molecule has 62 heavy (non-hydrogen) atoms. The van der Waals surface area contributed by atoms with Crippen LogP contribution in [0.5, 0.6) is 5.75 Å². The lowest BCUT2D eigenvalue weighted by Crippen LogP contribution is -2.54. The molecule has 9 nitrogen and oxygen atoms in total. The molecule has 1 aromatic heterocycles. The largest absolute Gasteiger partial charge is 0.482 e. The van der Waals surface area contributed by atoms with E-state index in [0.717, 1.165) is 35.1 Å². The second kappa shape index (κ2) is 18.6. The molecule has 9 heteroatoms. The van der Waals surface area contributed by atoms with Gasteiger partial charge in [-0.15, -0.1) is 0 Å². The van der Waals surface area contributed by atoms with Crippen molar-refractivity contribution in [2.75, 3.05) is 13.7 Å². The van der Waals surface area contributed by atoms with Gasteiger partial charge in [-0.05, 0) is 116 Å². The molecule has 0 amide bonds. The van der Waals surface area contributed by atoms with Crippen molar-refractivity contribution >= 4 is 22.9 Å². The minimum absolute atomic E-state index is 0.0810. The first-order valence-corrected chi connectivity index (χ1v) is 21.7. The van der Waals surface area contributed by atoms with Crippen LogP contribution in [0.3, 0.4) is 0 Å². The summed E-state index contributed by atoms with van der Waals surface area (Å²) in [4.78, 5) is 42.9. The lowest BCUT2D eigenvalue weighted by atomic mass is 9.82. The molecule has 0 saturated carbocycles. The van der Waals surface area contributed by atoms with E-state index in [-0.39, 0.29) is 42.9 Å². The lowest BCUT2D eigenvalue weighted by molar-refractivity contribution is -0.190. The van der Waals surface area contributed by atoms with Gasteiger partial charge in [-0.25, -0.2) is 9.59 Å². The van der Waals surface area contributed by atoms with E-state index < -0.39 is 42.0 Å². The van der Waals surface area contributed by atoms with Crippen LogP contribution >= 0.6 is 0 Å². The quantitative estimate of drug-likeness (QED) is 0.0672. The number of hydrogen-bond acceptors (Lipinski definition) is 9. The molecule has 4 heterocycles. The predicted molar refractivity (Wildman–Crippen MR) is 237 cm³/mol. The van der Waals surface area contributed by atoms with Crippen LogP contribution in [0.4, 0.5) is 0 Å². The van der Waals surface area contributed by atoms with Gasteiger partial charge in [-0.3, -0.25) is 4.79 Å². The molecule has 5 aromatic rings. The third kappa shape index (κ3) is 9.13. The van der Waals surface area contributed by atoms with Crippen molar-refractivity contribution < 1.29 is 38.1 Å². The fraction of sp³-hybridized carbons (Fsp3) is 0.377. The lowest BCUT2D eigenvalue weighted by Gasteiger charge is -2.44. The Kier molecular flexibility index (Phi) is 12.8. The number of rotatable bonds is 9. The summed E-state index contributed by atoms with van der Waals surface area (Å²) < 4.78 is 31.3. The Labute approximate surface area is 363 Å². The van der Waals surface area contributed by atoms with E-state index in [4.69, 9.17) is 23.4 Å². The number of benzene rings is 4. The van der Waals surface area contributed by atoms with Crippen LogP contribution < -0.4 is 10.4 Å². The SMILES string of the molecule is COCCc1c(CO)c2ccc3c(c2oc1=O)[C@H]1OC(=O)C[C@@H](CCc2cccc(Cc4ccccc4)c2)Cc2ccc4cc2CC#CC[C@@](C)(O3)[C@H]1OC(=O)C(=C(C)C)CC4. The molecule has 3 aliphatic heterocycles. The number of allylic oxidation sites excluding steroid dienone is 1. The maximum absolute atomic E-state index is 14.7. The second-order valence-electron chi connectivity index (χ2n) is 17.3. The summed E-state index contributed by atoms with van der Waals surface area (Å²) in [6, 6.07) is 29.0. The Morgan fingerprint density at radius 1 is 0.839 bits per heavy atom. The zero-order valence-electron chi connectivity index (χ0n) is 36.0. The minimum atomic E-state index is -1.29. The molecule has 4 atom stereocenters. The summed E-state index contributed by atoms with van der Waals surface area (Å²) in [6.07, 6.45) is 2.49. The fourth-order valence-electron chi connectivity index (χ4n) is 9.31. The van der Waals surface area contributed by atoms with E-state index in [1.54, 1.807) is 12.1 Å². The maximum Gasteiger partial charge on any atom is 0.339 e. The van der Waals surface area contributed by atoms with Crippen LogP contribution in [0.15, 0.2) is 105 Å². The van der Waals surface area contributed by atoms with Gasteiger partial charge < -0.3 is 28.5 Å². The van der Waals surface area contributed by atoms with E-state index in [1.807, 2.05) is 26.8 Å². The first-order chi connectivity index (χ1) is 30.0. The average molecular weight is 835 g/mol. The van der Waals surface area contributed by atoms with Gasteiger partial charge in [0.15, 0.2) is 17.8 Å². The Morgan fingerprint density at radius 3 is 2.44 bits per heavy atom. The van der Waals surface area contributed by atoms with Crippen molar-refractivity contribution in [3.63, 3.8) is 0 Å². The molecule has 0 unspecified atom stereocenters. The van der Waals surface area contributed by atoms with E-state index in [0.29, 0.717) is 59.9 Å².